The van der Waals surface area contributed by atoms with Crippen LogP contribution in [0.2, 0.25) is 0 Å². The van der Waals surface area contributed by atoms with Gasteiger partial charge in [-0.25, -0.2) is 0 Å². The molecule has 1 saturated heterocycles. The summed E-state index contributed by atoms with van der Waals surface area (Å²) in [7, 11) is 1.70. The van der Waals surface area contributed by atoms with Gasteiger partial charge in [0.05, 0.1) is 31.9 Å². The van der Waals surface area contributed by atoms with E-state index in [9.17, 15) is 0 Å². The lowest BCUT2D eigenvalue weighted by molar-refractivity contribution is 0.0722. The molecular weight excluding hydrogens is 306 g/mol. The summed E-state index contributed by atoms with van der Waals surface area (Å²) in [6.07, 6.45) is 5.52. The molecule has 0 saturated carbocycles. The third kappa shape index (κ3) is 2.98. The van der Waals surface area contributed by atoms with Crippen molar-refractivity contribution in [1.82, 2.24) is 10.2 Å². The Balaban J connectivity index is 1.47. The number of nitrogens with zero attached hydrogens (tertiary/aromatic N) is 2. The normalized spacial score (nSPS) is 20.0. The number of fused-ring (bicyclic) bond motifs is 1. The minimum Gasteiger partial charge on any atom is -0.495 e. The minimum absolute atomic E-state index is 0.232. The molecule has 6 nitrogen and oxygen atoms in total. The van der Waals surface area contributed by atoms with Crippen molar-refractivity contribution in [1.29, 1.82) is 0 Å². The lowest BCUT2D eigenvalue weighted by Gasteiger charge is -2.18. The van der Waals surface area contributed by atoms with Crippen molar-refractivity contribution in [3.05, 3.63) is 35.0 Å². The van der Waals surface area contributed by atoms with Crippen LogP contribution in [0.15, 0.2) is 16.5 Å². The second-order valence-corrected chi connectivity index (χ2v) is 6.44. The van der Waals surface area contributed by atoms with Gasteiger partial charge in [0.1, 0.15) is 5.75 Å². The van der Waals surface area contributed by atoms with Crippen LogP contribution in [-0.2, 0) is 24.1 Å². The molecular formula is C18H23N3O3. The molecule has 2 heterocycles. The first kappa shape index (κ1) is 15.4. The van der Waals surface area contributed by atoms with E-state index in [-0.39, 0.29) is 5.92 Å². The van der Waals surface area contributed by atoms with Gasteiger partial charge < -0.3 is 19.2 Å². The van der Waals surface area contributed by atoms with Gasteiger partial charge in [-0.3, -0.25) is 0 Å². The molecule has 1 aliphatic heterocycles. The molecule has 0 spiro atoms. The molecule has 2 aromatic rings. The van der Waals surface area contributed by atoms with Crippen LogP contribution in [0.4, 0.5) is 5.69 Å². The number of methoxy groups -OCH3 is 1. The minimum atomic E-state index is 0.232. The summed E-state index contributed by atoms with van der Waals surface area (Å²) in [4.78, 5) is 0. The summed E-state index contributed by atoms with van der Waals surface area (Å²) in [6.45, 7) is 2.01. The standard InChI is InChI=1S/C18H23N3O3/c1-22-15-8-7-12-4-2-6-14(12)17(15)19-10-16-20-21-18(24-16)13-5-3-9-23-11-13/h7-8,13,19H,2-6,9-11H2,1H3. The zero-order valence-corrected chi connectivity index (χ0v) is 14.0. The van der Waals surface area contributed by atoms with Crippen molar-refractivity contribution in [3.8, 4) is 5.75 Å². The van der Waals surface area contributed by atoms with E-state index in [1.807, 2.05) is 6.07 Å². The van der Waals surface area contributed by atoms with Crippen LogP contribution < -0.4 is 10.1 Å². The molecule has 24 heavy (non-hydrogen) atoms. The van der Waals surface area contributed by atoms with Gasteiger partial charge in [0, 0.05) is 6.61 Å². The van der Waals surface area contributed by atoms with Crippen LogP contribution in [-0.4, -0.2) is 30.5 Å². The smallest absolute Gasteiger partial charge is 0.235 e. The Bertz CT molecular complexity index is 708. The van der Waals surface area contributed by atoms with Gasteiger partial charge in [0.2, 0.25) is 11.8 Å². The van der Waals surface area contributed by atoms with E-state index in [1.54, 1.807) is 7.11 Å². The Morgan fingerprint density at radius 3 is 3.04 bits per heavy atom. The largest absolute Gasteiger partial charge is 0.495 e. The van der Waals surface area contributed by atoms with Crippen LogP contribution in [0, 0.1) is 0 Å². The van der Waals surface area contributed by atoms with Crippen LogP contribution in [0.5, 0.6) is 5.75 Å². The number of aryl methyl sites for hydroxylation is 1. The van der Waals surface area contributed by atoms with E-state index in [4.69, 9.17) is 13.9 Å². The third-order valence-electron chi connectivity index (χ3n) is 4.87. The van der Waals surface area contributed by atoms with E-state index < -0.39 is 0 Å². The molecule has 2 aliphatic rings. The SMILES string of the molecule is COc1ccc2c(c1NCc1nnc(C3CCCOC3)o1)CCC2. The molecule has 1 aromatic heterocycles. The average molecular weight is 329 g/mol. The summed E-state index contributed by atoms with van der Waals surface area (Å²) < 4.78 is 16.8. The molecule has 128 valence electrons. The van der Waals surface area contributed by atoms with E-state index in [1.165, 1.54) is 17.5 Å². The molecule has 4 rings (SSSR count). The summed E-state index contributed by atoms with van der Waals surface area (Å²) in [5.74, 6) is 2.40. The number of anilines is 1. The van der Waals surface area contributed by atoms with Crippen molar-refractivity contribution < 1.29 is 13.9 Å². The Morgan fingerprint density at radius 2 is 2.21 bits per heavy atom. The van der Waals surface area contributed by atoms with Gasteiger partial charge >= 0.3 is 0 Å². The number of benzene rings is 1. The van der Waals surface area contributed by atoms with Crippen LogP contribution in [0.3, 0.4) is 0 Å². The first-order valence-corrected chi connectivity index (χ1v) is 8.68. The van der Waals surface area contributed by atoms with Crippen molar-refractivity contribution in [2.75, 3.05) is 25.6 Å². The highest BCUT2D eigenvalue weighted by atomic mass is 16.5. The third-order valence-corrected chi connectivity index (χ3v) is 4.87. The Labute approximate surface area is 141 Å². The van der Waals surface area contributed by atoms with Crippen molar-refractivity contribution in [2.24, 2.45) is 0 Å². The monoisotopic (exact) mass is 329 g/mol. The molecule has 1 aromatic carbocycles. The molecule has 6 heteroatoms. The van der Waals surface area contributed by atoms with Crippen molar-refractivity contribution in [2.45, 2.75) is 44.6 Å². The van der Waals surface area contributed by atoms with Gasteiger partial charge in [-0.15, -0.1) is 10.2 Å². The van der Waals surface area contributed by atoms with Crippen LogP contribution in [0.25, 0.3) is 0 Å². The van der Waals surface area contributed by atoms with Gasteiger partial charge in [0.25, 0.3) is 0 Å². The Morgan fingerprint density at radius 1 is 1.25 bits per heavy atom. The van der Waals surface area contributed by atoms with Gasteiger partial charge in [-0.1, -0.05) is 6.07 Å². The zero-order chi connectivity index (χ0) is 16.4. The highest BCUT2D eigenvalue weighted by molar-refractivity contribution is 5.65. The predicted octanol–water partition coefficient (Wildman–Crippen LogP) is 3.07. The van der Waals surface area contributed by atoms with Gasteiger partial charge in [0.15, 0.2) is 0 Å². The predicted molar refractivity (Wildman–Crippen MR) is 89.4 cm³/mol. The zero-order valence-electron chi connectivity index (χ0n) is 14.0. The van der Waals surface area contributed by atoms with E-state index in [0.717, 1.165) is 43.7 Å². The molecule has 1 aliphatic carbocycles. The highest BCUT2D eigenvalue weighted by Crippen LogP contribution is 2.36. The lowest BCUT2D eigenvalue weighted by atomic mass is 10.0. The van der Waals surface area contributed by atoms with E-state index >= 15 is 0 Å². The molecule has 1 unspecified atom stereocenters. The van der Waals surface area contributed by atoms with Crippen LogP contribution in [0.1, 0.15) is 48.1 Å². The van der Waals surface area contributed by atoms with E-state index in [2.05, 4.69) is 21.6 Å². The number of hydrogen-bond donors (Lipinski definition) is 1. The fourth-order valence-electron chi connectivity index (χ4n) is 3.61. The summed E-state index contributed by atoms with van der Waals surface area (Å²) in [5.41, 5.74) is 3.83. The maximum absolute atomic E-state index is 5.83. The first-order valence-electron chi connectivity index (χ1n) is 8.68. The number of rotatable bonds is 5. The van der Waals surface area contributed by atoms with Gasteiger partial charge in [-0.05, 0) is 49.3 Å². The lowest BCUT2D eigenvalue weighted by Crippen LogP contribution is -2.15. The van der Waals surface area contributed by atoms with Crippen LogP contribution >= 0.6 is 0 Å². The summed E-state index contributed by atoms with van der Waals surface area (Å²) in [6, 6.07) is 4.20. The Hall–Kier alpha value is -2.08. The topological polar surface area (TPSA) is 69.4 Å². The maximum Gasteiger partial charge on any atom is 0.235 e. The fourth-order valence-corrected chi connectivity index (χ4v) is 3.61. The molecule has 0 radical (unpaired) electrons. The van der Waals surface area contributed by atoms with Crippen molar-refractivity contribution >= 4 is 5.69 Å². The number of aromatic nitrogens is 2. The van der Waals surface area contributed by atoms with E-state index in [0.29, 0.717) is 24.9 Å². The number of ether oxygens (including phenoxy) is 2. The first-order chi connectivity index (χ1) is 11.8. The molecule has 0 amide bonds. The Kier molecular flexibility index (Phi) is 4.38. The molecule has 0 bridgehead atoms. The number of nitrogens with one attached hydrogen (secondary N) is 1. The number of hydrogen-bond acceptors (Lipinski definition) is 6. The summed E-state index contributed by atoms with van der Waals surface area (Å²) >= 11 is 0. The second kappa shape index (κ2) is 6.81. The van der Waals surface area contributed by atoms with Crippen molar-refractivity contribution in [3.63, 3.8) is 0 Å². The quantitative estimate of drug-likeness (QED) is 0.909. The average Bonchev–Trinajstić information content (AvgIpc) is 3.29. The molecule has 1 atom stereocenters. The maximum atomic E-state index is 5.83. The van der Waals surface area contributed by atoms with Gasteiger partial charge in [-0.2, -0.15) is 0 Å². The fraction of sp³-hybridized carbons (Fsp3) is 0.556. The summed E-state index contributed by atoms with van der Waals surface area (Å²) in [5, 5.41) is 11.8. The highest BCUT2D eigenvalue weighted by Gasteiger charge is 2.23. The molecule has 1 fully saturated rings. The second-order valence-electron chi connectivity index (χ2n) is 6.44. The molecule has 1 N–H and O–H groups in total.